The summed E-state index contributed by atoms with van der Waals surface area (Å²) < 4.78 is 12.0. The molecule has 0 aromatic heterocycles. The van der Waals surface area contributed by atoms with Crippen LogP contribution in [0.5, 0.6) is 5.75 Å². The molecule has 0 radical (unpaired) electrons. The van der Waals surface area contributed by atoms with Crippen molar-refractivity contribution in [2.75, 3.05) is 13.7 Å². The second kappa shape index (κ2) is 9.13. The Hall–Kier alpha value is -2.80. The fourth-order valence-electron chi connectivity index (χ4n) is 3.72. The summed E-state index contributed by atoms with van der Waals surface area (Å²) in [7, 11) is -0.860. The Balaban J connectivity index is 1.95. The Morgan fingerprint density at radius 3 is 1.72 bits per heavy atom. The second-order valence-electron chi connectivity index (χ2n) is 7.98. The van der Waals surface area contributed by atoms with Crippen LogP contribution in [-0.2, 0) is 4.43 Å². The van der Waals surface area contributed by atoms with E-state index in [9.17, 15) is 0 Å². The minimum absolute atomic E-state index is 0.0441. The average molecular weight is 401 g/mol. The number of rotatable bonds is 5. The topological polar surface area (TPSA) is 18.5 Å². The Morgan fingerprint density at radius 1 is 0.759 bits per heavy atom. The highest BCUT2D eigenvalue weighted by atomic mass is 28.4. The molecule has 3 rings (SSSR count). The van der Waals surface area contributed by atoms with Crippen LogP contribution in [0.15, 0.2) is 84.9 Å². The molecular weight excluding hydrogens is 372 g/mol. The van der Waals surface area contributed by atoms with Crippen LogP contribution in [0.25, 0.3) is 0 Å². The summed E-state index contributed by atoms with van der Waals surface area (Å²) in [6, 6.07) is 29.1. The van der Waals surface area contributed by atoms with Crippen molar-refractivity contribution >= 4 is 18.7 Å². The van der Waals surface area contributed by atoms with Gasteiger partial charge in [-0.3, -0.25) is 0 Å². The van der Waals surface area contributed by atoms with Crippen LogP contribution in [0, 0.1) is 11.8 Å². The third kappa shape index (κ3) is 4.62. The lowest BCUT2D eigenvalue weighted by Gasteiger charge is -2.42. The maximum atomic E-state index is 6.77. The maximum absolute atomic E-state index is 6.77. The predicted octanol–water partition coefficient (Wildman–Crippen LogP) is 4.62. The van der Waals surface area contributed by atoms with E-state index < -0.39 is 8.32 Å². The van der Waals surface area contributed by atoms with Crippen molar-refractivity contribution in [3.63, 3.8) is 0 Å². The number of benzene rings is 3. The van der Waals surface area contributed by atoms with E-state index in [4.69, 9.17) is 9.16 Å². The number of hydrogen-bond donors (Lipinski definition) is 0. The smallest absolute Gasteiger partial charge is 0.262 e. The Bertz CT molecular complexity index is 923. The normalized spacial score (nSPS) is 11.4. The summed E-state index contributed by atoms with van der Waals surface area (Å²) in [5.41, 5.74) is 0.955. The zero-order valence-electron chi connectivity index (χ0n) is 17.6. The van der Waals surface area contributed by atoms with Gasteiger partial charge in [-0.15, -0.1) is 0 Å². The minimum atomic E-state index is -2.52. The van der Waals surface area contributed by atoms with E-state index >= 15 is 0 Å². The monoisotopic (exact) mass is 400 g/mol. The van der Waals surface area contributed by atoms with Gasteiger partial charge in [-0.2, -0.15) is 0 Å². The summed E-state index contributed by atoms with van der Waals surface area (Å²) in [6.45, 7) is 7.21. The van der Waals surface area contributed by atoms with Crippen LogP contribution in [0.1, 0.15) is 26.3 Å². The third-order valence-electron chi connectivity index (χ3n) is 5.10. The molecule has 0 fully saturated rings. The average Bonchev–Trinajstić information content (AvgIpc) is 2.74. The molecule has 0 heterocycles. The predicted molar refractivity (Wildman–Crippen MR) is 123 cm³/mol. The molecule has 0 saturated heterocycles. The van der Waals surface area contributed by atoms with Gasteiger partial charge in [0.05, 0.1) is 13.7 Å². The van der Waals surface area contributed by atoms with Crippen LogP contribution in [0.3, 0.4) is 0 Å². The van der Waals surface area contributed by atoms with Gasteiger partial charge in [0.2, 0.25) is 0 Å². The Kier molecular flexibility index (Phi) is 6.59. The van der Waals surface area contributed by atoms with Gasteiger partial charge in [0.25, 0.3) is 8.32 Å². The van der Waals surface area contributed by atoms with Crippen LogP contribution in [0.4, 0.5) is 0 Å². The van der Waals surface area contributed by atoms with E-state index in [-0.39, 0.29) is 5.04 Å². The molecule has 148 valence electrons. The quantitative estimate of drug-likeness (QED) is 0.459. The molecule has 2 nitrogen and oxygen atoms in total. The van der Waals surface area contributed by atoms with Gasteiger partial charge in [-0.05, 0) is 39.7 Å². The molecule has 0 N–H and O–H groups in total. The molecule has 3 aromatic carbocycles. The van der Waals surface area contributed by atoms with Crippen LogP contribution < -0.4 is 15.1 Å². The summed E-state index contributed by atoms with van der Waals surface area (Å²) in [4.78, 5) is 0. The van der Waals surface area contributed by atoms with Crippen LogP contribution in [0.2, 0.25) is 5.04 Å². The number of ether oxygens (including phenoxy) is 1. The van der Waals surface area contributed by atoms with Crippen LogP contribution >= 0.6 is 0 Å². The van der Waals surface area contributed by atoms with Crippen molar-refractivity contribution in [2.45, 2.75) is 25.8 Å². The Morgan fingerprint density at radius 2 is 1.28 bits per heavy atom. The fourth-order valence-corrected chi connectivity index (χ4v) is 8.16. The summed E-state index contributed by atoms with van der Waals surface area (Å²) >= 11 is 0. The molecule has 0 spiro atoms. The zero-order chi connectivity index (χ0) is 20.7. The largest absolute Gasteiger partial charge is 0.497 e. The molecule has 3 aromatic rings. The highest BCUT2D eigenvalue weighted by Gasteiger charge is 2.49. The van der Waals surface area contributed by atoms with Gasteiger partial charge in [0, 0.05) is 5.56 Å². The first-order valence-corrected chi connectivity index (χ1v) is 11.8. The van der Waals surface area contributed by atoms with Crippen molar-refractivity contribution < 1.29 is 9.16 Å². The SMILES string of the molecule is COc1ccc(C#CCO[Si](c2ccccc2)(c2ccccc2)C(C)(C)C)cc1. The molecule has 0 bridgehead atoms. The summed E-state index contributed by atoms with van der Waals surface area (Å²) in [5.74, 6) is 7.27. The lowest BCUT2D eigenvalue weighted by Crippen LogP contribution is -2.66. The van der Waals surface area contributed by atoms with Gasteiger partial charge < -0.3 is 9.16 Å². The first-order valence-electron chi connectivity index (χ1n) is 9.85. The van der Waals surface area contributed by atoms with Gasteiger partial charge in [0.15, 0.2) is 0 Å². The van der Waals surface area contributed by atoms with Gasteiger partial charge >= 0.3 is 0 Å². The molecule has 0 aliphatic heterocycles. The maximum Gasteiger partial charge on any atom is 0.262 e. The van der Waals surface area contributed by atoms with E-state index in [0.29, 0.717) is 6.61 Å². The van der Waals surface area contributed by atoms with Crippen LogP contribution in [-0.4, -0.2) is 22.0 Å². The first kappa shape index (κ1) is 20.9. The second-order valence-corrected chi connectivity index (χ2v) is 12.3. The molecule has 0 atom stereocenters. The van der Waals surface area contributed by atoms with Crippen molar-refractivity contribution in [2.24, 2.45) is 0 Å². The molecule has 0 unspecified atom stereocenters. The van der Waals surface area contributed by atoms with E-state index in [2.05, 4.69) is 93.3 Å². The molecule has 29 heavy (non-hydrogen) atoms. The summed E-state index contributed by atoms with van der Waals surface area (Å²) in [6.07, 6.45) is 0. The lowest BCUT2D eigenvalue weighted by atomic mass is 10.2. The first-order chi connectivity index (χ1) is 14.0. The van der Waals surface area contributed by atoms with E-state index in [1.54, 1.807) is 7.11 Å². The number of hydrogen-bond acceptors (Lipinski definition) is 2. The van der Waals surface area contributed by atoms with Crippen molar-refractivity contribution in [1.82, 2.24) is 0 Å². The van der Waals surface area contributed by atoms with Gasteiger partial charge in [-0.25, -0.2) is 0 Å². The highest BCUT2D eigenvalue weighted by molar-refractivity contribution is 6.99. The van der Waals surface area contributed by atoms with Gasteiger partial charge in [-0.1, -0.05) is 93.3 Å². The molecule has 0 amide bonds. The molecule has 3 heteroatoms. The molecule has 0 aliphatic rings. The third-order valence-corrected chi connectivity index (χ3v) is 10.1. The molecular formula is C26H28O2Si. The number of methoxy groups -OCH3 is 1. The van der Waals surface area contributed by atoms with Crippen molar-refractivity contribution in [3.05, 3.63) is 90.5 Å². The van der Waals surface area contributed by atoms with E-state index in [1.807, 2.05) is 24.3 Å². The van der Waals surface area contributed by atoms with Gasteiger partial charge in [0.1, 0.15) is 5.75 Å². The minimum Gasteiger partial charge on any atom is -0.497 e. The highest BCUT2D eigenvalue weighted by Crippen LogP contribution is 2.36. The lowest BCUT2D eigenvalue weighted by molar-refractivity contribution is 0.346. The molecule has 0 aliphatic carbocycles. The zero-order valence-corrected chi connectivity index (χ0v) is 18.6. The van der Waals surface area contributed by atoms with E-state index in [0.717, 1.165) is 11.3 Å². The fraction of sp³-hybridized carbons (Fsp3) is 0.231. The molecule has 0 saturated carbocycles. The Labute approximate surface area is 175 Å². The standard InChI is InChI=1S/C26H28O2Si/c1-26(2,3)29(24-13-7-5-8-14-24,25-15-9-6-10-16-25)28-21-11-12-22-17-19-23(27-4)20-18-22/h5-10,13-20H,21H2,1-4H3. The van der Waals surface area contributed by atoms with Crippen molar-refractivity contribution in [3.8, 4) is 17.6 Å². The van der Waals surface area contributed by atoms with E-state index in [1.165, 1.54) is 10.4 Å². The van der Waals surface area contributed by atoms with Crippen molar-refractivity contribution in [1.29, 1.82) is 0 Å². The summed E-state index contributed by atoms with van der Waals surface area (Å²) in [5, 5.41) is 2.49.